The van der Waals surface area contributed by atoms with Gasteiger partial charge in [-0.05, 0) is 12.8 Å². The van der Waals surface area contributed by atoms with Gasteiger partial charge in [0.2, 0.25) is 0 Å². The van der Waals surface area contributed by atoms with Crippen molar-refractivity contribution in [2.75, 3.05) is 13.2 Å². The van der Waals surface area contributed by atoms with Gasteiger partial charge in [0.25, 0.3) is 0 Å². The summed E-state index contributed by atoms with van der Waals surface area (Å²) in [5.74, 6) is -9.07. The smallest absolute Gasteiger partial charge is 0.466 e. The van der Waals surface area contributed by atoms with Crippen LogP contribution >= 0.6 is 0 Å². The van der Waals surface area contributed by atoms with Crippen molar-refractivity contribution in [2.45, 2.75) is 38.0 Å². The van der Waals surface area contributed by atoms with E-state index in [1.165, 1.54) is 13.8 Å². The molecule has 0 aromatic carbocycles. The van der Waals surface area contributed by atoms with Gasteiger partial charge >= 0.3 is 29.1 Å². The minimum absolute atomic E-state index is 0.402. The van der Waals surface area contributed by atoms with Crippen LogP contribution in [0.3, 0.4) is 0 Å². The summed E-state index contributed by atoms with van der Waals surface area (Å²) in [4.78, 5) is 23.5. The fraction of sp³-hybridized carbons (Fsp3) is 0.692. The van der Waals surface area contributed by atoms with E-state index in [-0.39, 0.29) is 0 Å². The van der Waals surface area contributed by atoms with Gasteiger partial charge in [-0.15, -0.1) is 0 Å². The Morgan fingerprint density at radius 3 is 2.00 bits per heavy atom. The molecule has 0 aliphatic carbocycles. The largest absolute Gasteiger partial charge is 0.743 e. The van der Waals surface area contributed by atoms with Crippen molar-refractivity contribution in [2.24, 2.45) is 5.92 Å². The molecule has 27 heavy (non-hydrogen) atoms. The maximum atomic E-state index is 13.5. The fourth-order valence-electron chi connectivity index (χ4n) is 1.30. The maximum Gasteiger partial charge on any atom is 0.466 e. The zero-order valence-electron chi connectivity index (χ0n) is 14.4. The lowest BCUT2D eigenvalue weighted by atomic mass is 10.2. The third kappa shape index (κ3) is 6.39. The Hall–Kier alpha value is -1.80. The normalized spacial score (nSPS) is 15.2. The quantitative estimate of drug-likeness (QED) is 0.194. The predicted molar refractivity (Wildman–Crippen MR) is 78.1 cm³/mol. The van der Waals surface area contributed by atoms with Crippen molar-refractivity contribution in [1.82, 2.24) is 5.32 Å². The molecular formula is C13H17F5NO7S-. The number of hydrogen-bond donors (Lipinski definition) is 1. The molecule has 0 rings (SSSR count). The summed E-state index contributed by atoms with van der Waals surface area (Å²) in [6.07, 6.45) is -5.91. The number of rotatable bonds is 9. The SMILES string of the molecule is C=C(C)C(=O)OC(OCC(F)(F)S(=O)(=O)[O-])(C(=O)NCC(C)C)C(F)(F)F. The average molecular weight is 426 g/mol. The lowest BCUT2D eigenvalue weighted by molar-refractivity contribution is -0.352. The van der Waals surface area contributed by atoms with Crippen molar-refractivity contribution in [1.29, 1.82) is 0 Å². The highest BCUT2D eigenvalue weighted by atomic mass is 32.2. The highest BCUT2D eigenvalue weighted by molar-refractivity contribution is 7.86. The molecule has 0 fully saturated rings. The number of halogens is 5. The first-order valence-electron chi connectivity index (χ1n) is 7.08. The van der Waals surface area contributed by atoms with Crippen LogP contribution in [0, 0.1) is 5.92 Å². The molecule has 1 unspecified atom stereocenters. The molecule has 0 aromatic rings. The zero-order chi connectivity index (χ0) is 21.8. The maximum absolute atomic E-state index is 13.5. The van der Waals surface area contributed by atoms with Crippen LogP contribution in [-0.2, 0) is 29.2 Å². The second-order valence-corrected chi connectivity index (χ2v) is 7.27. The van der Waals surface area contributed by atoms with Gasteiger partial charge < -0.3 is 19.3 Å². The molecule has 0 heterocycles. The number of amides is 1. The third-order valence-electron chi connectivity index (χ3n) is 2.74. The molecule has 0 saturated heterocycles. The zero-order valence-corrected chi connectivity index (χ0v) is 15.2. The van der Waals surface area contributed by atoms with Crippen molar-refractivity contribution < 1.29 is 54.0 Å². The first-order valence-corrected chi connectivity index (χ1v) is 8.49. The molecule has 1 atom stereocenters. The van der Waals surface area contributed by atoms with Crippen molar-refractivity contribution >= 4 is 22.0 Å². The van der Waals surface area contributed by atoms with Crippen LogP contribution in [0.1, 0.15) is 20.8 Å². The first kappa shape index (κ1) is 25.2. The third-order valence-corrected chi connectivity index (χ3v) is 3.59. The van der Waals surface area contributed by atoms with E-state index in [2.05, 4.69) is 16.1 Å². The van der Waals surface area contributed by atoms with E-state index in [9.17, 15) is 44.5 Å². The van der Waals surface area contributed by atoms with Gasteiger partial charge in [0.1, 0.15) is 6.61 Å². The van der Waals surface area contributed by atoms with E-state index in [0.29, 0.717) is 0 Å². The van der Waals surface area contributed by atoms with E-state index in [0.717, 1.165) is 6.92 Å². The lowest BCUT2D eigenvalue weighted by Crippen LogP contribution is -2.63. The average Bonchev–Trinajstić information content (AvgIpc) is 2.46. The molecule has 14 heteroatoms. The predicted octanol–water partition coefficient (Wildman–Crippen LogP) is 1.29. The van der Waals surface area contributed by atoms with Crippen LogP contribution in [0.2, 0.25) is 0 Å². The van der Waals surface area contributed by atoms with Crippen LogP contribution in [0.4, 0.5) is 22.0 Å². The Balaban J connectivity index is 6.10. The summed E-state index contributed by atoms with van der Waals surface area (Å²) >= 11 is 0. The molecule has 0 aliphatic rings. The summed E-state index contributed by atoms with van der Waals surface area (Å²) in [7, 11) is -6.43. The summed E-state index contributed by atoms with van der Waals surface area (Å²) < 4.78 is 106. The van der Waals surface area contributed by atoms with E-state index < -0.39 is 63.9 Å². The molecule has 0 aliphatic heterocycles. The van der Waals surface area contributed by atoms with E-state index in [4.69, 9.17) is 0 Å². The van der Waals surface area contributed by atoms with Crippen LogP contribution in [0.5, 0.6) is 0 Å². The number of carbonyl (C=O) groups excluding carboxylic acids is 2. The number of alkyl halides is 5. The molecular weight excluding hydrogens is 409 g/mol. The monoisotopic (exact) mass is 426 g/mol. The molecule has 1 amide bonds. The molecule has 158 valence electrons. The van der Waals surface area contributed by atoms with Crippen molar-refractivity contribution in [3.05, 3.63) is 12.2 Å². The lowest BCUT2D eigenvalue weighted by Gasteiger charge is -2.34. The first-order chi connectivity index (χ1) is 11.9. The number of ether oxygens (including phenoxy) is 2. The van der Waals surface area contributed by atoms with Crippen LogP contribution in [0.15, 0.2) is 12.2 Å². The summed E-state index contributed by atoms with van der Waals surface area (Å²) in [5.41, 5.74) is -0.646. The molecule has 0 bridgehead atoms. The van der Waals surface area contributed by atoms with E-state index >= 15 is 0 Å². The number of nitrogens with one attached hydrogen (secondary N) is 1. The Kier molecular flexibility index (Phi) is 7.91. The Morgan fingerprint density at radius 1 is 1.19 bits per heavy atom. The highest BCUT2D eigenvalue weighted by Gasteiger charge is 2.67. The fourth-order valence-corrected chi connectivity index (χ4v) is 1.50. The van der Waals surface area contributed by atoms with Crippen LogP contribution in [-0.4, -0.2) is 55.2 Å². The van der Waals surface area contributed by atoms with Gasteiger partial charge in [0.05, 0.1) is 0 Å². The molecule has 0 radical (unpaired) electrons. The van der Waals surface area contributed by atoms with Gasteiger partial charge in [-0.25, -0.2) is 13.2 Å². The highest BCUT2D eigenvalue weighted by Crippen LogP contribution is 2.38. The second kappa shape index (κ2) is 8.48. The van der Waals surface area contributed by atoms with E-state index in [1.807, 2.05) is 0 Å². The van der Waals surface area contributed by atoms with Gasteiger partial charge in [-0.1, -0.05) is 20.4 Å². The summed E-state index contributed by atoms with van der Waals surface area (Å²) in [6.45, 7) is 3.74. The minimum atomic E-state index is -6.43. The Bertz CT molecular complexity index is 690. The van der Waals surface area contributed by atoms with Gasteiger partial charge in [-0.2, -0.15) is 22.0 Å². The van der Waals surface area contributed by atoms with Crippen molar-refractivity contribution in [3.8, 4) is 0 Å². The van der Waals surface area contributed by atoms with Gasteiger partial charge in [0.15, 0.2) is 10.1 Å². The van der Waals surface area contributed by atoms with E-state index in [1.54, 1.807) is 5.32 Å². The van der Waals surface area contributed by atoms with Crippen molar-refractivity contribution in [3.63, 3.8) is 0 Å². The molecule has 0 aromatic heterocycles. The molecule has 8 nitrogen and oxygen atoms in total. The standard InChI is InChI=1S/C13H18F5NO7S/c1-7(2)5-19-10(21)12(13(16,17)18,26-9(20)8(3)4)25-6-11(14,15)27(22,23)24/h7H,3,5-6H2,1-2,4H3,(H,19,21)(H,22,23,24)/p-1. The number of hydrogen-bond acceptors (Lipinski definition) is 7. The van der Waals surface area contributed by atoms with Gasteiger partial charge in [0, 0.05) is 12.1 Å². The molecule has 0 spiro atoms. The molecule has 1 N–H and O–H groups in total. The summed E-state index contributed by atoms with van der Waals surface area (Å²) in [5, 5.41) is -3.65. The topological polar surface area (TPSA) is 122 Å². The van der Waals surface area contributed by atoms with Crippen LogP contribution in [0.25, 0.3) is 0 Å². The second-order valence-electron chi connectivity index (χ2n) is 5.77. The number of carbonyl (C=O) groups is 2. The Morgan fingerprint density at radius 2 is 1.67 bits per heavy atom. The van der Waals surface area contributed by atoms with Gasteiger partial charge in [-0.3, -0.25) is 4.79 Å². The Labute approximate surface area is 151 Å². The number of esters is 1. The van der Waals surface area contributed by atoms with Crippen LogP contribution < -0.4 is 5.32 Å². The summed E-state index contributed by atoms with van der Waals surface area (Å²) in [6, 6.07) is 0. The molecule has 0 saturated carbocycles. The minimum Gasteiger partial charge on any atom is -0.743 e.